The molecule has 0 radical (unpaired) electrons. The Morgan fingerprint density at radius 3 is 2.41 bits per heavy atom. The number of aromatic nitrogens is 3. The Kier molecular flexibility index (Phi) is 9.18. The number of ether oxygens (including phenoxy) is 1. The molecular weight excluding hydrogens is 661 g/mol. The number of nitrogens with zero attached hydrogens (tertiary/aromatic N) is 5. The third-order valence-corrected chi connectivity index (χ3v) is 12.0. The molecule has 3 aromatic heterocycles. The number of carbonyl (C=O) groups is 1. The first-order valence-corrected chi connectivity index (χ1v) is 18.8. The third kappa shape index (κ3) is 6.67. The minimum absolute atomic E-state index is 0.129. The molecule has 4 N–H and O–H groups in total. The normalized spacial score (nSPS) is 16.2. The smallest absolute Gasteiger partial charge is 0.269 e. The van der Waals surface area contributed by atoms with E-state index in [1.54, 1.807) is 48.9 Å². The summed E-state index contributed by atoms with van der Waals surface area (Å²) < 4.78 is 34.6. The van der Waals surface area contributed by atoms with Gasteiger partial charge >= 0.3 is 0 Å². The fourth-order valence-corrected chi connectivity index (χ4v) is 8.76. The van der Waals surface area contributed by atoms with Crippen LogP contribution in [0.4, 0.5) is 28.8 Å². The summed E-state index contributed by atoms with van der Waals surface area (Å²) >= 11 is 1.20. The van der Waals surface area contributed by atoms with Crippen LogP contribution in [0.1, 0.15) is 47.3 Å². The molecule has 7 rings (SSSR count). The van der Waals surface area contributed by atoms with Crippen LogP contribution in [-0.4, -0.2) is 72.5 Å². The molecule has 0 saturated carbocycles. The van der Waals surface area contributed by atoms with Gasteiger partial charge < -0.3 is 30.9 Å². The van der Waals surface area contributed by atoms with Crippen LogP contribution in [0, 0.1) is 6.92 Å². The van der Waals surface area contributed by atoms with Crippen molar-refractivity contribution in [2.45, 2.75) is 50.0 Å². The summed E-state index contributed by atoms with van der Waals surface area (Å²) in [6, 6.07) is 16.6. The molecule has 49 heavy (non-hydrogen) atoms. The maximum Gasteiger partial charge on any atom is 0.269 e. The number of carbonyl (C=O) groups excluding carboxylic acids is 1. The molecule has 256 valence electrons. The molecule has 1 amide bonds. The second kappa shape index (κ2) is 13.7. The monoisotopic (exact) mass is 700 g/mol. The Morgan fingerprint density at radius 1 is 0.939 bits per heavy atom. The second-order valence-corrected chi connectivity index (χ2v) is 15.3. The number of amides is 1. The van der Waals surface area contributed by atoms with Crippen LogP contribution < -0.4 is 26.0 Å². The lowest BCUT2D eigenvalue weighted by Crippen LogP contribution is -2.46. The van der Waals surface area contributed by atoms with Gasteiger partial charge in [0, 0.05) is 37.1 Å². The lowest BCUT2D eigenvalue weighted by molar-refractivity contribution is 0.100. The van der Waals surface area contributed by atoms with Crippen molar-refractivity contribution in [1.82, 2.24) is 18.8 Å². The molecule has 0 atom stereocenters. The Bertz CT molecular complexity index is 2080. The van der Waals surface area contributed by atoms with Crippen LogP contribution in [0.25, 0.3) is 11.0 Å². The van der Waals surface area contributed by atoms with E-state index in [0.717, 1.165) is 41.2 Å². The quantitative estimate of drug-likeness (QED) is 0.156. The summed E-state index contributed by atoms with van der Waals surface area (Å²) in [5.41, 5.74) is 8.87. The average Bonchev–Trinajstić information content (AvgIpc) is 3.77. The first-order valence-electron chi connectivity index (χ1n) is 16.5. The van der Waals surface area contributed by atoms with Gasteiger partial charge in [-0.05, 0) is 87.5 Å². The van der Waals surface area contributed by atoms with Crippen molar-refractivity contribution in [2.75, 3.05) is 48.8 Å². The molecule has 12 nitrogen and oxygen atoms in total. The molecule has 14 heteroatoms. The number of aryl methyl sites for hydroxylation is 1. The first-order chi connectivity index (χ1) is 23.7. The number of primary amides is 1. The largest absolute Gasteiger partial charge is 0.494 e. The van der Waals surface area contributed by atoms with Gasteiger partial charge in [-0.15, -0.1) is 11.3 Å². The molecular formula is C35H40N8O4S2. The summed E-state index contributed by atoms with van der Waals surface area (Å²) in [7, 11) is -2.39. The Hall–Kier alpha value is -4.66. The fourth-order valence-electron chi connectivity index (χ4n) is 6.76. The first kappa shape index (κ1) is 32.9. The van der Waals surface area contributed by atoms with E-state index in [0.29, 0.717) is 39.2 Å². The van der Waals surface area contributed by atoms with Crippen molar-refractivity contribution in [1.29, 1.82) is 0 Å². The van der Waals surface area contributed by atoms with E-state index in [9.17, 15) is 13.2 Å². The summed E-state index contributed by atoms with van der Waals surface area (Å²) in [5.74, 6) is 0.461. The van der Waals surface area contributed by atoms with Crippen molar-refractivity contribution >= 4 is 67.1 Å². The highest BCUT2D eigenvalue weighted by atomic mass is 32.2. The predicted octanol–water partition coefficient (Wildman–Crippen LogP) is 6.09. The summed E-state index contributed by atoms with van der Waals surface area (Å²) in [5, 5.41) is 8.64. The minimum atomic E-state index is -4.01. The van der Waals surface area contributed by atoms with Crippen LogP contribution in [0.2, 0.25) is 0 Å². The number of piperidine rings is 2. The number of nitrogens with one attached hydrogen (secondary N) is 2. The van der Waals surface area contributed by atoms with Gasteiger partial charge in [-0.3, -0.25) is 4.79 Å². The molecule has 0 unspecified atom stereocenters. The Balaban J connectivity index is 1.21. The molecule has 2 aromatic carbocycles. The highest BCUT2D eigenvalue weighted by Gasteiger charge is 2.27. The molecule has 5 heterocycles. The Labute approximate surface area is 290 Å². The van der Waals surface area contributed by atoms with Gasteiger partial charge in [0.2, 0.25) is 5.95 Å². The zero-order chi connectivity index (χ0) is 34.1. The number of hydrogen-bond donors (Lipinski definition) is 3. The van der Waals surface area contributed by atoms with E-state index in [1.165, 1.54) is 49.9 Å². The number of anilines is 5. The van der Waals surface area contributed by atoms with Crippen LogP contribution in [-0.2, 0) is 10.0 Å². The molecule has 2 aliphatic heterocycles. The molecule has 2 saturated heterocycles. The van der Waals surface area contributed by atoms with Gasteiger partial charge in [0.05, 0.1) is 28.8 Å². The van der Waals surface area contributed by atoms with Crippen molar-refractivity contribution in [2.24, 2.45) is 5.73 Å². The summed E-state index contributed by atoms with van der Waals surface area (Å²) in [4.78, 5) is 27.1. The van der Waals surface area contributed by atoms with Crippen molar-refractivity contribution in [3.8, 4) is 5.75 Å². The van der Waals surface area contributed by atoms with Gasteiger partial charge in [-0.25, -0.2) is 12.4 Å². The van der Waals surface area contributed by atoms with Crippen molar-refractivity contribution in [3.63, 3.8) is 0 Å². The number of likely N-dealkylation sites (tertiary alicyclic amines) is 1. The molecule has 2 fully saturated rings. The van der Waals surface area contributed by atoms with Crippen LogP contribution in [0.3, 0.4) is 0 Å². The molecule has 2 aliphatic rings. The number of rotatable bonds is 10. The third-order valence-electron chi connectivity index (χ3n) is 9.40. The van der Waals surface area contributed by atoms with Crippen molar-refractivity contribution in [3.05, 3.63) is 76.6 Å². The number of methoxy groups -OCH3 is 1. The summed E-state index contributed by atoms with van der Waals surface area (Å²) in [6.45, 7) is 6.29. The van der Waals surface area contributed by atoms with Gasteiger partial charge in [0.1, 0.15) is 16.4 Å². The number of hydrogen-bond acceptors (Lipinski definition) is 11. The van der Waals surface area contributed by atoms with Gasteiger partial charge in [0.15, 0.2) is 5.65 Å². The zero-order valence-electron chi connectivity index (χ0n) is 27.6. The number of benzene rings is 2. The number of thiophene rings is 1. The van der Waals surface area contributed by atoms with E-state index in [1.807, 2.05) is 19.1 Å². The second-order valence-electron chi connectivity index (χ2n) is 12.5. The van der Waals surface area contributed by atoms with Gasteiger partial charge in [-0.1, -0.05) is 24.1 Å². The average molecular weight is 701 g/mol. The zero-order valence-corrected chi connectivity index (χ0v) is 29.2. The van der Waals surface area contributed by atoms with Gasteiger partial charge in [0.25, 0.3) is 15.9 Å². The van der Waals surface area contributed by atoms with E-state index >= 15 is 0 Å². The topological polar surface area (TPSA) is 148 Å². The van der Waals surface area contributed by atoms with E-state index < -0.39 is 15.9 Å². The van der Waals surface area contributed by atoms with Crippen molar-refractivity contribution < 1.29 is 17.9 Å². The number of nitrogens with two attached hydrogens (primary N) is 1. The Morgan fingerprint density at radius 2 is 1.69 bits per heavy atom. The highest BCUT2D eigenvalue weighted by molar-refractivity contribution is 7.90. The van der Waals surface area contributed by atoms with E-state index in [2.05, 4.69) is 31.5 Å². The predicted molar refractivity (Wildman–Crippen MR) is 194 cm³/mol. The molecule has 5 aromatic rings. The lowest BCUT2D eigenvalue weighted by Gasteiger charge is -2.41. The van der Waals surface area contributed by atoms with E-state index in [4.69, 9.17) is 15.5 Å². The molecule has 0 spiro atoms. The number of fused-ring (bicyclic) bond motifs is 1. The minimum Gasteiger partial charge on any atom is -0.494 e. The fraction of sp³-hybridized carbons (Fsp3) is 0.343. The standard InChI is InChI=1S/C35H40N8O4S2/c1-23-6-9-26(10-7-23)49(45,46)43-20-14-27-33(37-29-15-21-48-31(29)32(36)44)39-35(40-34(27)43)38-28-11-8-25(22-30(28)47-2)42-18-12-24(13-19-42)41-16-4-3-5-17-41/h6-11,14-15,20-22,24H,3-5,12-13,16-19H2,1-2H3,(H2,36,44)(H2,37,38,39,40). The SMILES string of the molecule is COc1cc(N2CCC(N3CCCCC3)CC2)ccc1Nc1nc(Nc2ccsc2C(N)=O)c2ccn(S(=O)(=O)c3ccc(C)cc3)c2n1. The van der Waals surface area contributed by atoms with Crippen LogP contribution >= 0.6 is 11.3 Å². The molecule has 0 aliphatic carbocycles. The maximum absolute atomic E-state index is 13.8. The van der Waals surface area contributed by atoms with E-state index in [-0.39, 0.29) is 16.5 Å². The lowest BCUT2D eigenvalue weighted by atomic mass is 9.99. The van der Waals surface area contributed by atoms with Crippen LogP contribution in [0.5, 0.6) is 5.75 Å². The highest BCUT2D eigenvalue weighted by Crippen LogP contribution is 2.36. The molecule has 0 bridgehead atoms. The maximum atomic E-state index is 13.8. The van der Waals surface area contributed by atoms with Gasteiger partial charge in [-0.2, -0.15) is 9.97 Å². The van der Waals surface area contributed by atoms with Crippen LogP contribution in [0.15, 0.2) is 71.1 Å². The summed E-state index contributed by atoms with van der Waals surface area (Å²) in [6.07, 6.45) is 7.68.